The molecule has 0 radical (unpaired) electrons. The van der Waals surface area contributed by atoms with Crippen LogP contribution >= 0.6 is 23.2 Å². The predicted molar refractivity (Wildman–Crippen MR) is 69.3 cm³/mol. The average molecular weight is 268 g/mol. The quantitative estimate of drug-likeness (QED) is 0.910. The van der Waals surface area contributed by atoms with E-state index in [0.29, 0.717) is 15.9 Å². The van der Waals surface area contributed by atoms with Crippen molar-refractivity contribution in [1.82, 2.24) is 9.97 Å². The van der Waals surface area contributed by atoms with Crippen LogP contribution in [0.5, 0.6) is 0 Å². The molecule has 5 heteroatoms. The van der Waals surface area contributed by atoms with Gasteiger partial charge in [0.05, 0.1) is 6.04 Å². The number of nitrogens with zero attached hydrogens (tertiary/aromatic N) is 2. The second kappa shape index (κ2) is 5.00. The highest BCUT2D eigenvalue weighted by molar-refractivity contribution is 6.33. The fraction of sp³-hybridized carbons (Fsp3) is 0.167. The monoisotopic (exact) mass is 267 g/mol. The van der Waals surface area contributed by atoms with Crippen LogP contribution in [-0.4, -0.2) is 9.97 Å². The molecule has 3 nitrogen and oxygen atoms in total. The molecule has 1 heterocycles. The van der Waals surface area contributed by atoms with Crippen molar-refractivity contribution in [2.75, 3.05) is 0 Å². The molecule has 17 heavy (non-hydrogen) atoms. The van der Waals surface area contributed by atoms with Gasteiger partial charge >= 0.3 is 0 Å². The molecule has 0 spiro atoms. The van der Waals surface area contributed by atoms with Crippen molar-refractivity contribution in [3.8, 4) is 0 Å². The molecule has 1 atom stereocenters. The molecule has 0 bridgehead atoms. The van der Waals surface area contributed by atoms with Crippen molar-refractivity contribution < 1.29 is 0 Å². The van der Waals surface area contributed by atoms with Crippen LogP contribution in [0.15, 0.2) is 30.6 Å². The first kappa shape index (κ1) is 12.3. The van der Waals surface area contributed by atoms with E-state index in [1.807, 2.05) is 6.92 Å². The van der Waals surface area contributed by atoms with E-state index in [-0.39, 0.29) is 0 Å². The standard InChI is InChI=1S/C12H11Cl2N3/c1-7-5-16-12(17-6-7)11(15)9-4-8(13)2-3-10(9)14/h2-6,11H,15H2,1H3. The molecule has 0 saturated heterocycles. The van der Waals surface area contributed by atoms with E-state index in [0.717, 1.165) is 11.1 Å². The summed E-state index contributed by atoms with van der Waals surface area (Å²) < 4.78 is 0. The molecule has 88 valence electrons. The summed E-state index contributed by atoms with van der Waals surface area (Å²) >= 11 is 12.0. The van der Waals surface area contributed by atoms with Gasteiger partial charge in [0.1, 0.15) is 5.82 Å². The van der Waals surface area contributed by atoms with E-state index in [9.17, 15) is 0 Å². The van der Waals surface area contributed by atoms with Gasteiger partial charge in [-0.05, 0) is 36.2 Å². The highest BCUT2D eigenvalue weighted by Gasteiger charge is 2.15. The largest absolute Gasteiger partial charge is 0.318 e. The Morgan fingerprint density at radius 3 is 2.47 bits per heavy atom. The Balaban J connectivity index is 2.39. The summed E-state index contributed by atoms with van der Waals surface area (Å²) in [5, 5.41) is 1.15. The topological polar surface area (TPSA) is 51.8 Å². The third-order valence-corrected chi connectivity index (χ3v) is 2.95. The van der Waals surface area contributed by atoms with E-state index in [1.54, 1.807) is 30.6 Å². The number of hydrogen-bond acceptors (Lipinski definition) is 3. The molecule has 0 aliphatic carbocycles. The van der Waals surface area contributed by atoms with Crippen LogP contribution in [0, 0.1) is 6.92 Å². The molecule has 1 unspecified atom stereocenters. The van der Waals surface area contributed by atoms with Gasteiger partial charge in [0.2, 0.25) is 0 Å². The van der Waals surface area contributed by atoms with Gasteiger partial charge in [-0.3, -0.25) is 0 Å². The minimum atomic E-state index is -0.471. The average Bonchev–Trinajstić information content (AvgIpc) is 2.32. The van der Waals surface area contributed by atoms with Crippen LogP contribution in [0.1, 0.15) is 23.0 Å². The van der Waals surface area contributed by atoms with Gasteiger partial charge in [0, 0.05) is 22.4 Å². The van der Waals surface area contributed by atoms with E-state index >= 15 is 0 Å². The number of aryl methyl sites for hydroxylation is 1. The van der Waals surface area contributed by atoms with Crippen molar-refractivity contribution in [3.63, 3.8) is 0 Å². The lowest BCUT2D eigenvalue weighted by Crippen LogP contribution is -2.15. The lowest BCUT2D eigenvalue weighted by Gasteiger charge is -2.12. The van der Waals surface area contributed by atoms with Crippen LogP contribution in [0.2, 0.25) is 10.0 Å². The van der Waals surface area contributed by atoms with Crippen molar-refractivity contribution in [1.29, 1.82) is 0 Å². The Labute approximate surface area is 110 Å². The van der Waals surface area contributed by atoms with E-state index in [1.165, 1.54) is 0 Å². The molecule has 0 amide bonds. The van der Waals surface area contributed by atoms with Crippen LogP contribution in [0.25, 0.3) is 0 Å². The molecule has 1 aromatic carbocycles. The number of rotatable bonds is 2. The summed E-state index contributed by atoms with van der Waals surface area (Å²) in [5.41, 5.74) is 7.78. The first-order valence-corrected chi connectivity index (χ1v) is 5.82. The van der Waals surface area contributed by atoms with Gasteiger partial charge < -0.3 is 5.73 Å². The van der Waals surface area contributed by atoms with Crippen molar-refractivity contribution >= 4 is 23.2 Å². The summed E-state index contributed by atoms with van der Waals surface area (Å²) in [7, 11) is 0. The highest BCUT2D eigenvalue weighted by Crippen LogP contribution is 2.27. The maximum atomic E-state index is 6.08. The molecule has 0 aliphatic heterocycles. The lowest BCUT2D eigenvalue weighted by molar-refractivity contribution is 0.778. The number of nitrogens with two attached hydrogens (primary N) is 1. The van der Waals surface area contributed by atoms with Crippen molar-refractivity contribution in [2.45, 2.75) is 13.0 Å². The molecule has 0 aliphatic rings. The Morgan fingerprint density at radius 2 is 1.82 bits per heavy atom. The minimum Gasteiger partial charge on any atom is -0.318 e. The summed E-state index contributed by atoms with van der Waals surface area (Å²) in [6, 6.07) is 4.70. The zero-order valence-electron chi connectivity index (χ0n) is 9.19. The molecule has 1 aromatic heterocycles. The third kappa shape index (κ3) is 2.75. The van der Waals surface area contributed by atoms with Gasteiger partial charge in [0.15, 0.2) is 0 Å². The second-order valence-electron chi connectivity index (χ2n) is 3.76. The second-order valence-corrected chi connectivity index (χ2v) is 4.61. The van der Waals surface area contributed by atoms with E-state index in [4.69, 9.17) is 28.9 Å². The highest BCUT2D eigenvalue weighted by atomic mass is 35.5. The van der Waals surface area contributed by atoms with Gasteiger partial charge in [-0.1, -0.05) is 23.2 Å². The molecule has 0 fully saturated rings. The Kier molecular flexibility index (Phi) is 3.62. The van der Waals surface area contributed by atoms with Gasteiger partial charge in [-0.15, -0.1) is 0 Å². The van der Waals surface area contributed by atoms with Crippen LogP contribution < -0.4 is 5.73 Å². The first-order valence-electron chi connectivity index (χ1n) is 5.07. The van der Waals surface area contributed by atoms with Crippen LogP contribution in [0.4, 0.5) is 0 Å². The maximum Gasteiger partial charge on any atom is 0.149 e. The zero-order valence-corrected chi connectivity index (χ0v) is 10.7. The summed E-state index contributed by atoms with van der Waals surface area (Å²) in [6.45, 7) is 1.92. The summed E-state index contributed by atoms with van der Waals surface area (Å²) in [4.78, 5) is 8.38. The number of hydrogen-bond donors (Lipinski definition) is 1. The smallest absolute Gasteiger partial charge is 0.149 e. The lowest BCUT2D eigenvalue weighted by atomic mass is 10.1. The summed E-state index contributed by atoms with van der Waals surface area (Å²) in [5.74, 6) is 0.528. The summed E-state index contributed by atoms with van der Waals surface area (Å²) in [6.07, 6.45) is 3.45. The fourth-order valence-electron chi connectivity index (χ4n) is 1.46. The van der Waals surface area contributed by atoms with Gasteiger partial charge in [-0.25, -0.2) is 9.97 Å². The maximum absolute atomic E-state index is 6.08. The van der Waals surface area contributed by atoms with Crippen LogP contribution in [0.3, 0.4) is 0 Å². The first-order chi connectivity index (χ1) is 8.08. The predicted octanol–water partition coefficient (Wildman–Crippen LogP) is 3.14. The molecule has 2 rings (SSSR count). The van der Waals surface area contributed by atoms with Gasteiger partial charge in [-0.2, -0.15) is 0 Å². The number of aromatic nitrogens is 2. The normalized spacial score (nSPS) is 12.5. The van der Waals surface area contributed by atoms with E-state index < -0.39 is 6.04 Å². The Bertz CT molecular complexity index is 526. The number of halogens is 2. The minimum absolute atomic E-state index is 0.471. The molecule has 2 aromatic rings. The molecular formula is C12H11Cl2N3. The molecule has 2 N–H and O–H groups in total. The van der Waals surface area contributed by atoms with Crippen LogP contribution in [-0.2, 0) is 0 Å². The van der Waals surface area contributed by atoms with Gasteiger partial charge in [0.25, 0.3) is 0 Å². The third-order valence-electron chi connectivity index (χ3n) is 2.37. The van der Waals surface area contributed by atoms with Crippen molar-refractivity contribution in [3.05, 3.63) is 57.6 Å². The molecule has 0 saturated carbocycles. The number of benzene rings is 1. The Hall–Kier alpha value is -1.16. The Morgan fingerprint density at radius 1 is 1.18 bits per heavy atom. The molecular weight excluding hydrogens is 257 g/mol. The fourth-order valence-corrected chi connectivity index (χ4v) is 1.87. The van der Waals surface area contributed by atoms with E-state index in [2.05, 4.69) is 9.97 Å². The SMILES string of the molecule is Cc1cnc(C(N)c2cc(Cl)ccc2Cl)nc1. The van der Waals surface area contributed by atoms with Crippen molar-refractivity contribution in [2.24, 2.45) is 5.73 Å². The zero-order chi connectivity index (χ0) is 12.4.